The SMILES string of the molecule is C=CC/C(C)=C(/C)I. The minimum Gasteiger partial charge on any atom is -0.103 e. The standard InChI is InChI=1S/C7H11I/c1-4-5-6(2)7(3)8/h4H,1,5H2,2-3H3/b7-6-. The molecule has 0 fully saturated rings. The van der Waals surface area contributed by atoms with Gasteiger partial charge in [0.1, 0.15) is 0 Å². The lowest BCUT2D eigenvalue weighted by Gasteiger charge is -1.94. The number of hydrogen-bond donors (Lipinski definition) is 0. The van der Waals surface area contributed by atoms with Gasteiger partial charge >= 0.3 is 0 Å². The lowest BCUT2D eigenvalue weighted by Crippen LogP contribution is -1.72. The normalized spacial score (nSPS) is 12.9. The molecule has 8 heavy (non-hydrogen) atoms. The number of hydrogen-bond acceptors (Lipinski definition) is 0. The highest BCUT2D eigenvalue weighted by Crippen LogP contribution is 2.13. The summed E-state index contributed by atoms with van der Waals surface area (Å²) in [6, 6.07) is 0. The highest BCUT2D eigenvalue weighted by atomic mass is 127. The van der Waals surface area contributed by atoms with Crippen LogP contribution in [-0.2, 0) is 0 Å². The van der Waals surface area contributed by atoms with Crippen molar-refractivity contribution in [3.05, 3.63) is 21.8 Å². The molecule has 0 saturated heterocycles. The second-order valence-corrected chi connectivity index (χ2v) is 3.42. The summed E-state index contributed by atoms with van der Waals surface area (Å²) in [5, 5.41) is 0. The van der Waals surface area contributed by atoms with Crippen LogP contribution in [0.5, 0.6) is 0 Å². The molecule has 46 valence electrons. The quantitative estimate of drug-likeness (QED) is 0.496. The monoisotopic (exact) mass is 222 g/mol. The van der Waals surface area contributed by atoms with Gasteiger partial charge in [-0.1, -0.05) is 11.6 Å². The van der Waals surface area contributed by atoms with Gasteiger partial charge in [0, 0.05) is 0 Å². The molecule has 0 aromatic rings. The Morgan fingerprint density at radius 2 is 2.12 bits per heavy atom. The predicted octanol–water partition coefficient (Wildman–Crippen LogP) is 3.29. The largest absolute Gasteiger partial charge is 0.103 e. The molecular weight excluding hydrogens is 211 g/mol. The second kappa shape index (κ2) is 4.13. The lowest BCUT2D eigenvalue weighted by atomic mass is 10.2. The molecule has 0 radical (unpaired) electrons. The topological polar surface area (TPSA) is 0 Å². The van der Waals surface area contributed by atoms with E-state index in [4.69, 9.17) is 0 Å². The third-order valence-electron chi connectivity index (χ3n) is 1.04. The first-order valence-electron chi connectivity index (χ1n) is 2.61. The van der Waals surface area contributed by atoms with Crippen molar-refractivity contribution in [3.8, 4) is 0 Å². The summed E-state index contributed by atoms with van der Waals surface area (Å²) < 4.78 is 1.38. The molecule has 0 heterocycles. The van der Waals surface area contributed by atoms with Crippen molar-refractivity contribution in [2.24, 2.45) is 0 Å². The van der Waals surface area contributed by atoms with Crippen LogP contribution >= 0.6 is 22.6 Å². The van der Waals surface area contributed by atoms with Gasteiger partial charge < -0.3 is 0 Å². The molecule has 0 amide bonds. The average Bonchev–Trinajstić information content (AvgIpc) is 1.67. The molecule has 0 nitrogen and oxygen atoms in total. The Morgan fingerprint density at radius 3 is 2.25 bits per heavy atom. The Morgan fingerprint density at radius 1 is 1.62 bits per heavy atom. The van der Waals surface area contributed by atoms with Crippen LogP contribution < -0.4 is 0 Å². The van der Waals surface area contributed by atoms with Gasteiger partial charge in [-0.2, -0.15) is 0 Å². The number of rotatable bonds is 2. The van der Waals surface area contributed by atoms with E-state index in [0.717, 1.165) is 6.42 Å². The summed E-state index contributed by atoms with van der Waals surface area (Å²) in [5.74, 6) is 0. The Labute approximate surface area is 64.8 Å². The average molecular weight is 222 g/mol. The zero-order valence-electron chi connectivity index (χ0n) is 5.37. The fourth-order valence-electron chi connectivity index (χ4n) is 0.357. The van der Waals surface area contributed by atoms with Crippen molar-refractivity contribution in [3.63, 3.8) is 0 Å². The van der Waals surface area contributed by atoms with Gasteiger partial charge in [-0.05, 0) is 46.4 Å². The van der Waals surface area contributed by atoms with Crippen LogP contribution in [0.3, 0.4) is 0 Å². The zero-order chi connectivity index (χ0) is 6.57. The Kier molecular flexibility index (Phi) is 4.23. The van der Waals surface area contributed by atoms with Crippen LogP contribution in [-0.4, -0.2) is 0 Å². The van der Waals surface area contributed by atoms with Crippen LogP contribution in [0, 0.1) is 0 Å². The minimum atomic E-state index is 1.02. The van der Waals surface area contributed by atoms with E-state index in [1.54, 1.807) is 0 Å². The van der Waals surface area contributed by atoms with E-state index in [0.29, 0.717) is 0 Å². The van der Waals surface area contributed by atoms with E-state index in [2.05, 4.69) is 43.0 Å². The maximum Gasteiger partial charge on any atom is -0.0133 e. The molecule has 0 bridgehead atoms. The van der Waals surface area contributed by atoms with E-state index in [1.165, 1.54) is 9.15 Å². The van der Waals surface area contributed by atoms with Crippen molar-refractivity contribution in [2.75, 3.05) is 0 Å². The molecule has 1 heteroatoms. The molecule has 0 rings (SSSR count). The molecular formula is C7H11I. The van der Waals surface area contributed by atoms with Gasteiger partial charge in [0.25, 0.3) is 0 Å². The summed E-state index contributed by atoms with van der Waals surface area (Å²) >= 11 is 2.32. The lowest BCUT2D eigenvalue weighted by molar-refractivity contribution is 1.20. The Balaban J connectivity index is 3.79. The van der Waals surface area contributed by atoms with E-state index in [9.17, 15) is 0 Å². The molecule has 0 aromatic carbocycles. The number of halogens is 1. The van der Waals surface area contributed by atoms with Crippen LogP contribution in [0.15, 0.2) is 21.8 Å². The summed E-state index contributed by atoms with van der Waals surface area (Å²) in [6.45, 7) is 7.88. The fraction of sp³-hybridized carbons (Fsp3) is 0.429. The van der Waals surface area contributed by atoms with Gasteiger partial charge in [-0.25, -0.2) is 0 Å². The molecule has 0 aliphatic rings. The second-order valence-electron chi connectivity index (χ2n) is 1.81. The highest BCUT2D eigenvalue weighted by molar-refractivity contribution is 14.1. The van der Waals surface area contributed by atoms with Gasteiger partial charge in [-0.15, -0.1) is 6.58 Å². The molecule has 0 unspecified atom stereocenters. The smallest absolute Gasteiger partial charge is 0.0133 e. The van der Waals surface area contributed by atoms with Crippen LogP contribution in [0.1, 0.15) is 20.3 Å². The maximum absolute atomic E-state index is 3.65. The maximum atomic E-state index is 3.65. The van der Waals surface area contributed by atoms with E-state index in [-0.39, 0.29) is 0 Å². The van der Waals surface area contributed by atoms with Crippen molar-refractivity contribution in [2.45, 2.75) is 20.3 Å². The van der Waals surface area contributed by atoms with Crippen LogP contribution in [0.2, 0.25) is 0 Å². The first-order chi connectivity index (χ1) is 3.68. The fourth-order valence-corrected chi connectivity index (χ4v) is 0.577. The van der Waals surface area contributed by atoms with E-state index in [1.807, 2.05) is 6.08 Å². The third-order valence-corrected chi connectivity index (χ3v) is 1.96. The van der Waals surface area contributed by atoms with Gasteiger partial charge in [0.15, 0.2) is 0 Å². The zero-order valence-corrected chi connectivity index (χ0v) is 7.53. The minimum absolute atomic E-state index is 1.02. The van der Waals surface area contributed by atoms with Crippen molar-refractivity contribution in [1.29, 1.82) is 0 Å². The molecule has 0 N–H and O–H groups in total. The molecule has 0 aliphatic carbocycles. The van der Waals surface area contributed by atoms with E-state index < -0.39 is 0 Å². The van der Waals surface area contributed by atoms with Crippen molar-refractivity contribution >= 4 is 22.6 Å². The summed E-state index contributed by atoms with van der Waals surface area (Å²) in [7, 11) is 0. The van der Waals surface area contributed by atoms with E-state index >= 15 is 0 Å². The molecule has 0 atom stereocenters. The first kappa shape index (κ1) is 8.21. The van der Waals surface area contributed by atoms with Gasteiger partial charge in [0.05, 0.1) is 0 Å². The Bertz CT molecular complexity index is 108. The van der Waals surface area contributed by atoms with Crippen LogP contribution in [0.25, 0.3) is 0 Å². The number of allylic oxidation sites excluding steroid dienone is 3. The molecule has 0 spiro atoms. The summed E-state index contributed by atoms with van der Waals surface area (Å²) in [5.41, 5.74) is 1.42. The van der Waals surface area contributed by atoms with Crippen molar-refractivity contribution in [1.82, 2.24) is 0 Å². The first-order valence-corrected chi connectivity index (χ1v) is 3.69. The molecule has 0 saturated carbocycles. The van der Waals surface area contributed by atoms with Gasteiger partial charge in [-0.3, -0.25) is 0 Å². The van der Waals surface area contributed by atoms with Crippen molar-refractivity contribution < 1.29 is 0 Å². The van der Waals surface area contributed by atoms with Gasteiger partial charge in [0.2, 0.25) is 0 Å². The Hall–Kier alpha value is 0.210. The summed E-state index contributed by atoms with van der Waals surface area (Å²) in [6.07, 6.45) is 2.95. The summed E-state index contributed by atoms with van der Waals surface area (Å²) in [4.78, 5) is 0. The highest BCUT2D eigenvalue weighted by Gasteiger charge is 1.86. The molecule has 0 aromatic heterocycles. The predicted molar refractivity (Wildman–Crippen MR) is 47.2 cm³/mol. The third kappa shape index (κ3) is 3.24. The molecule has 0 aliphatic heterocycles. The van der Waals surface area contributed by atoms with Crippen LogP contribution in [0.4, 0.5) is 0 Å².